The van der Waals surface area contributed by atoms with Gasteiger partial charge in [0.1, 0.15) is 36.9 Å². The van der Waals surface area contributed by atoms with Crippen molar-refractivity contribution in [1.82, 2.24) is 9.80 Å². The van der Waals surface area contributed by atoms with E-state index in [1.807, 2.05) is 49.4 Å². The van der Waals surface area contributed by atoms with Gasteiger partial charge in [0.05, 0.1) is 26.4 Å². The van der Waals surface area contributed by atoms with Crippen LogP contribution in [0, 0.1) is 13.8 Å². The summed E-state index contributed by atoms with van der Waals surface area (Å²) in [6.45, 7) is 12.6. The molecule has 0 bridgehead atoms. The van der Waals surface area contributed by atoms with Gasteiger partial charge in [-0.1, -0.05) is 54.1 Å². The summed E-state index contributed by atoms with van der Waals surface area (Å²) in [5.74, 6) is 1.68. The molecule has 218 valence electrons. The number of hydrogen-bond acceptors (Lipinski definition) is 8. The maximum atomic E-state index is 10.1. The number of aliphatic hydroxyl groups is 2. The number of benzene rings is 3. The first-order chi connectivity index (χ1) is 19.5. The summed E-state index contributed by atoms with van der Waals surface area (Å²) in [7, 11) is 0. The molecule has 2 N–H and O–H groups in total. The van der Waals surface area contributed by atoms with Crippen molar-refractivity contribution < 1.29 is 29.2 Å². The third-order valence-corrected chi connectivity index (χ3v) is 7.09. The molecule has 0 amide bonds. The topological polar surface area (TPSA) is 83.9 Å². The molecule has 2 aliphatic rings. The number of fused-ring (bicyclic) bond motifs is 1. The number of morpholine rings is 2. The van der Waals surface area contributed by atoms with Gasteiger partial charge in [0.15, 0.2) is 0 Å². The smallest absolute Gasteiger partial charge is 0.127 e. The van der Waals surface area contributed by atoms with E-state index in [-0.39, 0.29) is 0 Å². The normalized spacial score (nSPS) is 18.0. The average Bonchev–Trinajstić information content (AvgIpc) is 2.97. The van der Waals surface area contributed by atoms with Crippen LogP contribution in [0.1, 0.15) is 11.1 Å². The van der Waals surface area contributed by atoms with E-state index in [1.165, 1.54) is 5.56 Å². The summed E-state index contributed by atoms with van der Waals surface area (Å²) in [5.41, 5.74) is 2.33. The number of hydrogen-bond donors (Lipinski definition) is 2. The van der Waals surface area contributed by atoms with Crippen LogP contribution < -0.4 is 9.47 Å². The molecule has 0 aromatic heterocycles. The second-order valence-corrected chi connectivity index (χ2v) is 10.5. The summed E-state index contributed by atoms with van der Waals surface area (Å²) < 4.78 is 22.1. The van der Waals surface area contributed by atoms with Crippen LogP contribution in [0.5, 0.6) is 11.5 Å². The number of ether oxygens (including phenoxy) is 4. The first-order valence-corrected chi connectivity index (χ1v) is 14.2. The fourth-order valence-corrected chi connectivity index (χ4v) is 4.92. The van der Waals surface area contributed by atoms with Crippen molar-refractivity contribution >= 4 is 10.8 Å². The highest BCUT2D eigenvalue weighted by Gasteiger charge is 2.17. The van der Waals surface area contributed by atoms with Gasteiger partial charge in [-0.25, -0.2) is 0 Å². The molecule has 2 heterocycles. The summed E-state index contributed by atoms with van der Waals surface area (Å²) in [4.78, 5) is 4.42. The monoisotopic (exact) mass is 552 g/mol. The number of aliphatic hydroxyl groups excluding tert-OH is 2. The highest BCUT2D eigenvalue weighted by atomic mass is 16.5. The molecule has 2 aliphatic heterocycles. The minimum atomic E-state index is -0.484. The van der Waals surface area contributed by atoms with Crippen molar-refractivity contribution in [2.75, 3.05) is 78.9 Å². The fraction of sp³-hybridized carbons (Fsp3) is 0.500. The van der Waals surface area contributed by atoms with Gasteiger partial charge in [-0.05, 0) is 36.9 Å². The molecular weight excluding hydrogens is 508 g/mol. The predicted octanol–water partition coefficient (Wildman–Crippen LogP) is 3.29. The Morgan fingerprint density at radius 3 is 1.85 bits per heavy atom. The lowest BCUT2D eigenvalue weighted by molar-refractivity contribution is 0.00453. The van der Waals surface area contributed by atoms with E-state index < -0.39 is 12.2 Å². The quantitative estimate of drug-likeness (QED) is 0.397. The number of nitrogens with zero attached hydrogens (tertiary/aromatic N) is 2. The van der Waals surface area contributed by atoms with Gasteiger partial charge in [0, 0.05) is 44.7 Å². The molecule has 3 aromatic rings. The molecule has 2 saturated heterocycles. The molecule has 2 fully saturated rings. The Hall–Kier alpha value is -2.72. The van der Waals surface area contributed by atoms with Crippen LogP contribution >= 0.6 is 0 Å². The molecular formula is C32H44N2O6. The molecule has 2 atom stereocenters. The van der Waals surface area contributed by atoms with Crippen molar-refractivity contribution in [1.29, 1.82) is 0 Å². The Morgan fingerprint density at radius 1 is 0.700 bits per heavy atom. The van der Waals surface area contributed by atoms with Gasteiger partial charge in [-0.3, -0.25) is 9.80 Å². The summed E-state index contributed by atoms with van der Waals surface area (Å²) >= 11 is 0. The van der Waals surface area contributed by atoms with Crippen molar-refractivity contribution in [2.45, 2.75) is 26.1 Å². The van der Waals surface area contributed by atoms with Gasteiger partial charge in [0.2, 0.25) is 0 Å². The van der Waals surface area contributed by atoms with E-state index in [2.05, 4.69) is 34.9 Å². The molecule has 0 aliphatic carbocycles. The highest BCUT2D eigenvalue weighted by molar-refractivity contribution is 5.88. The molecule has 2 unspecified atom stereocenters. The van der Waals surface area contributed by atoms with Crippen LogP contribution in [0.4, 0.5) is 0 Å². The Labute approximate surface area is 238 Å². The third-order valence-electron chi connectivity index (χ3n) is 7.09. The fourth-order valence-electron chi connectivity index (χ4n) is 4.92. The minimum absolute atomic E-state index is 0.311. The average molecular weight is 553 g/mol. The molecule has 0 radical (unpaired) electrons. The van der Waals surface area contributed by atoms with Gasteiger partial charge in [0.25, 0.3) is 0 Å². The van der Waals surface area contributed by atoms with Crippen LogP contribution in [0.15, 0.2) is 60.7 Å². The number of aryl methyl sites for hydroxylation is 2. The summed E-state index contributed by atoms with van der Waals surface area (Å²) in [6, 6.07) is 20.2. The Kier molecular flexibility index (Phi) is 12.0. The molecule has 3 aromatic carbocycles. The van der Waals surface area contributed by atoms with Crippen molar-refractivity contribution in [2.24, 2.45) is 0 Å². The predicted molar refractivity (Wildman–Crippen MR) is 157 cm³/mol. The zero-order valence-electron chi connectivity index (χ0n) is 23.8. The van der Waals surface area contributed by atoms with Gasteiger partial charge < -0.3 is 29.2 Å². The van der Waals surface area contributed by atoms with Gasteiger partial charge in [-0.2, -0.15) is 0 Å². The molecule has 5 rings (SSSR count). The second-order valence-electron chi connectivity index (χ2n) is 10.5. The van der Waals surface area contributed by atoms with Crippen molar-refractivity contribution in [3.63, 3.8) is 0 Å². The van der Waals surface area contributed by atoms with Crippen LogP contribution in [0.3, 0.4) is 0 Å². The maximum Gasteiger partial charge on any atom is 0.127 e. The van der Waals surface area contributed by atoms with E-state index in [1.54, 1.807) is 0 Å². The van der Waals surface area contributed by atoms with E-state index in [9.17, 15) is 10.2 Å². The highest BCUT2D eigenvalue weighted by Crippen LogP contribution is 2.25. The first kappa shape index (κ1) is 30.2. The largest absolute Gasteiger partial charge is 0.491 e. The minimum Gasteiger partial charge on any atom is -0.491 e. The van der Waals surface area contributed by atoms with Crippen LogP contribution in [-0.4, -0.2) is 111 Å². The van der Waals surface area contributed by atoms with E-state index in [0.717, 1.165) is 80.4 Å². The van der Waals surface area contributed by atoms with Crippen LogP contribution in [0.2, 0.25) is 0 Å². The maximum absolute atomic E-state index is 10.1. The lowest BCUT2D eigenvalue weighted by Gasteiger charge is -2.28. The zero-order valence-corrected chi connectivity index (χ0v) is 23.8. The molecule has 8 heteroatoms. The van der Waals surface area contributed by atoms with Crippen LogP contribution in [0.25, 0.3) is 10.8 Å². The van der Waals surface area contributed by atoms with Crippen molar-refractivity contribution in [3.8, 4) is 11.5 Å². The second kappa shape index (κ2) is 15.9. The van der Waals surface area contributed by atoms with Gasteiger partial charge >= 0.3 is 0 Å². The Morgan fingerprint density at radius 2 is 1.25 bits per heavy atom. The Bertz CT molecular complexity index is 1160. The van der Waals surface area contributed by atoms with E-state index >= 15 is 0 Å². The lowest BCUT2D eigenvalue weighted by atomic mass is 10.1. The third kappa shape index (κ3) is 9.73. The molecule has 0 saturated carbocycles. The molecule has 8 nitrogen and oxygen atoms in total. The van der Waals surface area contributed by atoms with Crippen LogP contribution in [-0.2, 0) is 9.47 Å². The number of rotatable bonds is 10. The molecule has 40 heavy (non-hydrogen) atoms. The van der Waals surface area contributed by atoms with Gasteiger partial charge in [-0.15, -0.1) is 0 Å². The standard InChI is InChI=1S/C17H21NO3.C15H23NO3/c19-15(12-18-8-10-20-11-9-18)13-21-17-7-3-5-14-4-1-2-6-16(14)17;1-12-3-4-15(13(2)9-12)19-11-14(17)10-16-5-7-18-8-6-16/h1-7,15,19H,8-13H2;3-4,9,14,17H,5-8,10-11H2,1-2H3. The molecule has 0 spiro atoms. The Balaban J connectivity index is 0.000000186. The lowest BCUT2D eigenvalue weighted by Crippen LogP contribution is -2.42. The zero-order chi connectivity index (χ0) is 28.2. The number of β-amino-alcohol motifs (C(OH)–C–C–N with tert-alkyl or cyclic N) is 2. The van der Waals surface area contributed by atoms with E-state index in [4.69, 9.17) is 18.9 Å². The first-order valence-electron chi connectivity index (χ1n) is 14.2. The SMILES string of the molecule is Cc1ccc(OCC(O)CN2CCOCC2)c(C)c1.OC(COc1cccc2ccccc12)CN1CCOCC1. The summed E-state index contributed by atoms with van der Waals surface area (Å²) in [6.07, 6.45) is -0.944. The summed E-state index contributed by atoms with van der Waals surface area (Å²) in [5, 5.41) is 22.4. The van der Waals surface area contributed by atoms with Crippen molar-refractivity contribution in [3.05, 3.63) is 71.8 Å². The van der Waals surface area contributed by atoms with E-state index in [0.29, 0.717) is 26.3 Å².